The van der Waals surface area contributed by atoms with E-state index in [-0.39, 0.29) is 23.0 Å². The van der Waals surface area contributed by atoms with Crippen LogP contribution >= 0.6 is 0 Å². The van der Waals surface area contributed by atoms with E-state index in [1.54, 1.807) is 7.11 Å². The van der Waals surface area contributed by atoms with Gasteiger partial charge in [0.1, 0.15) is 5.75 Å². The first-order chi connectivity index (χ1) is 12.3. The lowest BCUT2D eigenvalue weighted by atomic mass is 9.60. The van der Waals surface area contributed by atoms with Crippen LogP contribution in [0.3, 0.4) is 0 Å². The van der Waals surface area contributed by atoms with Gasteiger partial charge >= 0.3 is 0 Å². The van der Waals surface area contributed by atoms with E-state index in [1.807, 2.05) is 0 Å². The van der Waals surface area contributed by atoms with E-state index >= 15 is 0 Å². The minimum absolute atomic E-state index is 0.0361. The predicted molar refractivity (Wildman–Crippen MR) is 102 cm³/mol. The molecule has 1 heterocycles. The first-order valence-electron chi connectivity index (χ1n) is 9.91. The van der Waals surface area contributed by atoms with Crippen LogP contribution in [0.2, 0.25) is 0 Å². The number of nitrogens with zero attached hydrogens (tertiary/aromatic N) is 1. The summed E-state index contributed by atoms with van der Waals surface area (Å²) in [6.45, 7) is 6.09. The van der Waals surface area contributed by atoms with Crippen molar-refractivity contribution in [1.29, 1.82) is 0 Å². The summed E-state index contributed by atoms with van der Waals surface area (Å²) in [4.78, 5) is 2.16. The lowest BCUT2D eigenvalue weighted by molar-refractivity contribution is -0.164. The van der Waals surface area contributed by atoms with Crippen LogP contribution in [0.15, 0.2) is 18.2 Å². The van der Waals surface area contributed by atoms with Gasteiger partial charge < -0.3 is 19.5 Å². The standard InChI is InChI=1S/C22H33NO3/c1-21(2)16-11-17-19(26-9-8-22(17,12-16)20(21)24)14-6-7-18(25-5)15(10-14)13-23(3)4/h6-7,10,16-17,19-20,24H,8-9,11-13H2,1-5H3/t16-,17-,19-,20-,22-/m1/s1. The van der Waals surface area contributed by atoms with Crippen LogP contribution in [0.1, 0.15) is 50.3 Å². The normalized spacial score (nSPS) is 37.8. The summed E-state index contributed by atoms with van der Waals surface area (Å²) >= 11 is 0. The summed E-state index contributed by atoms with van der Waals surface area (Å²) in [6, 6.07) is 6.49. The molecule has 3 fully saturated rings. The molecule has 1 aliphatic heterocycles. The minimum Gasteiger partial charge on any atom is -0.496 e. The summed E-state index contributed by atoms with van der Waals surface area (Å²) in [6.07, 6.45) is 3.20. The average molecular weight is 360 g/mol. The van der Waals surface area contributed by atoms with Gasteiger partial charge in [-0.3, -0.25) is 0 Å². The van der Waals surface area contributed by atoms with Crippen LogP contribution in [0, 0.1) is 22.7 Å². The molecule has 1 saturated heterocycles. The molecule has 1 N–H and O–H groups in total. The zero-order valence-corrected chi connectivity index (χ0v) is 16.8. The zero-order chi connectivity index (χ0) is 18.7. The SMILES string of the molecule is COc1ccc([C@H]2OCC[C@@]34C[C@@H](C[C@H]23)C(C)(C)[C@H]4O)cc1CN(C)C. The minimum atomic E-state index is -0.218. The van der Waals surface area contributed by atoms with Crippen LogP contribution in [-0.2, 0) is 11.3 Å². The average Bonchev–Trinajstić information content (AvgIpc) is 3.08. The third-order valence-corrected chi connectivity index (χ3v) is 7.55. The van der Waals surface area contributed by atoms with E-state index in [9.17, 15) is 5.11 Å². The molecule has 2 saturated carbocycles. The molecule has 26 heavy (non-hydrogen) atoms. The number of benzene rings is 1. The highest BCUT2D eigenvalue weighted by Crippen LogP contribution is 2.70. The predicted octanol–water partition coefficient (Wildman–Crippen LogP) is 3.63. The summed E-state index contributed by atoms with van der Waals surface area (Å²) in [5, 5.41) is 11.2. The lowest BCUT2D eigenvalue weighted by Gasteiger charge is -2.51. The molecule has 2 aliphatic carbocycles. The maximum atomic E-state index is 11.2. The van der Waals surface area contributed by atoms with Crippen molar-refractivity contribution in [3.05, 3.63) is 29.3 Å². The first kappa shape index (κ1) is 18.3. The van der Waals surface area contributed by atoms with Gasteiger partial charge in [-0.15, -0.1) is 0 Å². The van der Waals surface area contributed by atoms with Crippen molar-refractivity contribution >= 4 is 0 Å². The Balaban J connectivity index is 1.67. The van der Waals surface area contributed by atoms with E-state index in [2.05, 4.69) is 51.0 Å². The van der Waals surface area contributed by atoms with E-state index in [1.165, 1.54) is 17.5 Å². The molecule has 2 bridgehead atoms. The van der Waals surface area contributed by atoms with E-state index in [0.717, 1.165) is 31.7 Å². The third kappa shape index (κ3) is 2.53. The summed E-state index contributed by atoms with van der Waals surface area (Å²) in [7, 11) is 5.88. The van der Waals surface area contributed by atoms with Crippen molar-refractivity contribution in [2.75, 3.05) is 27.8 Å². The van der Waals surface area contributed by atoms with Gasteiger partial charge in [0, 0.05) is 24.1 Å². The number of rotatable bonds is 4. The lowest BCUT2D eigenvalue weighted by Crippen LogP contribution is -2.51. The molecule has 1 aromatic carbocycles. The second kappa shape index (κ2) is 6.22. The number of methoxy groups -OCH3 is 1. The molecule has 4 heteroatoms. The van der Waals surface area contributed by atoms with Crippen molar-refractivity contribution in [3.63, 3.8) is 0 Å². The van der Waals surface area contributed by atoms with Gasteiger partial charge in [0.15, 0.2) is 0 Å². The van der Waals surface area contributed by atoms with E-state index in [4.69, 9.17) is 9.47 Å². The van der Waals surface area contributed by atoms with Crippen LogP contribution in [0.5, 0.6) is 5.75 Å². The van der Waals surface area contributed by atoms with Crippen molar-refractivity contribution in [2.45, 2.75) is 51.9 Å². The molecule has 3 aliphatic rings. The Morgan fingerprint density at radius 3 is 2.73 bits per heavy atom. The second-order valence-corrected chi connectivity index (χ2v) is 9.55. The number of aliphatic hydroxyl groups excluding tert-OH is 1. The molecule has 0 unspecified atom stereocenters. The van der Waals surface area contributed by atoms with Gasteiger partial charge in [-0.2, -0.15) is 0 Å². The number of hydrogen-bond donors (Lipinski definition) is 1. The molecule has 0 amide bonds. The highest BCUT2D eigenvalue weighted by atomic mass is 16.5. The van der Waals surface area contributed by atoms with Gasteiger partial charge in [-0.1, -0.05) is 19.9 Å². The van der Waals surface area contributed by atoms with Crippen LogP contribution < -0.4 is 4.74 Å². The maximum absolute atomic E-state index is 11.2. The van der Waals surface area contributed by atoms with Crippen LogP contribution in [0.25, 0.3) is 0 Å². The Hall–Kier alpha value is -1.10. The van der Waals surface area contributed by atoms with E-state index in [0.29, 0.717) is 11.8 Å². The zero-order valence-electron chi connectivity index (χ0n) is 16.8. The maximum Gasteiger partial charge on any atom is 0.123 e. The summed E-state index contributed by atoms with van der Waals surface area (Å²) in [5.41, 5.74) is 2.51. The van der Waals surface area contributed by atoms with Crippen LogP contribution in [0.4, 0.5) is 0 Å². The Bertz CT molecular complexity index is 686. The third-order valence-electron chi connectivity index (χ3n) is 7.55. The second-order valence-electron chi connectivity index (χ2n) is 9.55. The molecule has 1 aromatic rings. The molecule has 4 nitrogen and oxygen atoms in total. The van der Waals surface area contributed by atoms with Gasteiger partial charge in [0.25, 0.3) is 0 Å². The fourth-order valence-corrected chi connectivity index (χ4v) is 6.19. The first-order valence-corrected chi connectivity index (χ1v) is 9.91. The highest BCUT2D eigenvalue weighted by Gasteiger charge is 2.68. The largest absolute Gasteiger partial charge is 0.496 e. The van der Waals surface area contributed by atoms with Crippen molar-refractivity contribution in [1.82, 2.24) is 4.90 Å². The van der Waals surface area contributed by atoms with Gasteiger partial charge in [-0.25, -0.2) is 0 Å². The molecule has 0 aromatic heterocycles. The van der Waals surface area contributed by atoms with Crippen LogP contribution in [-0.4, -0.2) is 43.9 Å². The smallest absolute Gasteiger partial charge is 0.123 e. The molecule has 144 valence electrons. The highest BCUT2D eigenvalue weighted by molar-refractivity contribution is 5.39. The number of aliphatic hydroxyl groups is 1. The van der Waals surface area contributed by atoms with Crippen molar-refractivity contribution in [2.24, 2.45) is 22.7 Å². The van der Waals surface area contributed by atoms with Crippen molar-refractivity contribution < 1.29 is 14.6 Å². The fourth-order valence-electron chi connectivity index (χ4n) is 6.19. The Morgan fingerprint density at radius 2 is 2.08 bits per heavy atom. The molecular weight excluding hydrogens is 326 g/mol. The number of fused-ring (bicyclic) bond motifs is 1. The van der Waals surface area contributed by atoms with E-state index < -0.39 is 0 Å². The van der Waals surface area contributed by atoms with Gasteiger partial charge in [-0.05, 0) is 68.3 Å². The Labute approximate surface area is 157 Å². The fraction of sp³-hybridized carbons (Fsp3) is 0.727. The Morgan fingerprint density at radius 1 is 1.31 bits per heavy atom. The van der Waals surface area contributed by atoms with Gasteiger partial charge in [0.2, 0.25) is 0 Å². The summed E-state index contributed by atoms with van der Waals surface area (Å²) < 4.78 is 11.9. The molecule has 1 spiro atoms. The number of hydrogen-bond acceptors (Lipinski definition) is 4. The molecule has 5 atom stereocenters. The number of ether oxygens (including phenoxy) is 2. The monoisotopic (exact) mass is 359 g/mol. The molecular formula is C22H33NO3. The van der Waals surface area contributed by atoms with Crippen molar-refractivity contribution in [3.8, 4) is 5.75 Å². The molecule has 4 rings (SSSR count). The topological polar surface area (TPSA) is 41.9 Å². The Kier molecular flexibility index (Phi) is 4.37. The quantitative estimate of drug-likeness (QED) is 0.891. The molecule has 0 radical (unpaired) electrons. The summed E-state index contributed by atoms with van der Waals surface area (Å²) in [5.74, 6) is 1.96. The van der Waals surface area contributed by atoms with Gasteiger partial charge in [0.05, 0.1) is 19.3 Å².